The van der Waals surface area contributed by atoms with Gasteiger partial charge in [0.1, 0.15) is 11.6 Å². The summed E-state index contributed by atoms with van der Waals surface area (Å²) in [6.45, 7) is 7.74. The van der Waals surface area contributed by atoms with Crippen molar-refractivity contribution in [3.05, 3.63) is 11.6 Å². The molecule has 8 heteroatoms. The van der Waals surface area contributed by atoms with E-state index in [2.05, 4.69) is 15.0 Å². The van der Waals surface area contributed by atoms with Gasteiger partial charge in [-0.05, 0) is 52.1 Å². The van der Waals surface area contributed by atoms with Gasteiger partial charge in [0.25, 0.3) is 0 Å². The average molecular weight is 343 g/mol. The summed E-state index contributed by atoms with van der Waals surface area (Å²) in [5.41, 5.74) is 0. The van der Waals surface area contributed by atoms with Crippen LogP contribution in [0.15, 0.2) is 0 Å². The Balaban J connectivity index is 1.80. The molecule has 1 aromatic rings. The molecule has 1 aromatic heterocycles. The summed E-state index contributed by atoms with van der Waals surface area (Å²) in [5.74, 6) is 2.58. The molecule has 0 saturated carbocycles. The Bertz CT molecular complexity index is 611. The summed E-state index contributed by atoms with van der Waals surface area (Å²) in [4.78, 5) is 6.74. The molecular weight excluding hydrogens is 314 g/mol. The van der Waals surface area contributed by atoms with Crippen LogP contribution in [-0.2, 0) is 16.6 Å². The van der Waals surface area contributed by atoms with Crippen molar-refractivity contribution >= 4 is 10.0 Å². The Kier molecular flexibility index (Phi) is 6.16. The molecule has 0 radical (unpaired) electrons. The lowest BCUT2D eigenvalue weighted by Gasteiger charge is -2.32. The molecule has 0 bridgehead atoms. The largest absolute Gasteiger partial charge is 0.303 e. The molecule has 7 nitrogen and oxygen atoms in total. The predicted octanol–water partition coefficient (Wildman–Crippen LogP) is 0.888. The van der Waals surface area contributed by atoms with Gasteiger partial charge in [-0.1, -0.05) is 0 Å². The molecule has 0 spiro atoms. The topological polar surface area (TPSA) is 71.3 Å². The van der Waals surface area contributed by atoms with E-state index in [-0.39, 0.29) is 5.75 Å². The molecule has 132 valence electrons. The molecule has 2 heterocycles. The Labute approximate surface area is 139 Å². The van der Waals surface area contributed by atoms with Crippen LogP contribution in [0.5, 0.6) is 0 Å². The third-order valence-electron chi connectivity index (χ3n) is 4.43. The predicted molar refractivity (Wildman–Crippen MR) is 90.8 cm³/mol. The average Bonchev–Trinajstić information content (AvgIpc) is 2.77. The van der Waals surface area contributed by atoms with E-state index < -0.39 is 10.0 Å². The molecule has 1 saturated heterocycles. The number of likely N-dealkylation sites (tertiary alicyclic amines) is 1. The van der Waals surface area contributed by atoms with Crippen LogP contribution < -0.4 is 0 Å². The van der Waals surface area contributed by atoms with Crippen molar-refractivity contribution in [3.8, 4) is 0 Å². The van der Waals surface area contributed by atoms with Crippen LogP contribution in [0.1, 0.15) is 30.9 Å². The van der Waals surface area contributed by atoms with E-state index >= 15 is 0 Å². The van der Waals surface area contributed by atoms with Crippen molar-refractivity contribution in [1.82, 2.24) is 24.0 Å². The number of hydrogen-bond donors (Lipinski definition) is 0. The molecule has 1 fully saturated rings. The van der Waals surface area contributed by atoms with Crippen LogP contribution in [-0.4, -0.2) is 71.9 Å². The first-order valence-electron chi connectivity index (χ1n) is 8.28. The van der Waals surface area contributed by atoms with Crippen LogP contribution in [0.2, 0.25) is 0 Å². The molecule has 1 aliphatic rings. The first kappa shape index (κ1) is 18.4. The lowest BCUT2D eigenvalue weighted by molar-refractivity contribution is 0.159. The van der Waals surface area contributed by atoms with E-state index in [1.165, 1.54) is 10.7 Å². The van der Waals surface area contributed by atoms with Gasteiger partial charge in [-0.3, -0.25) is 0 Å². The van der Waals surface area contributed by atoms with E-state index in [9.17, 15) is 8.42 Å². The zero-order chi connectivity index (χ0) is 17.0. The third kappa shape index (κ3) is 5.26. The van der Waals surface area contributed by atoms with Crippen molar-refractivity contribution in [2.75, 3.05) is 39.5 Å². The van der Waals surface area contributed by atoms with E-state index in [1.54, 1.807) is 14.1 Å². The fourth-order valence-corrected chi connectivity index (χ4v) is 3.99. The van der Waals surface area contributed by atoms with Gasteiger partial charge in [-0.2, -0.15) is 5.10 Å². The van der Waals surface area contributed by atoms with Gasteiger partial charge in [0.05, 0.1) is 5.75 Å². The van der Waals surface area contributed by atoms with Crippen molar-refractivity contribution in [3.63, 3.8) is 0 Å². The highest BCUT2D eigenvalue weighted by molar-refractivity contribution is 7.89. The minimum atomic E-state index is -3.08. The van der Waals surface area contributed by atoms with Crippen molar-refractivity contribution in [1.29, 1.82) is 0 Å². The van der Waals surface area contributed by atoms with Crippen molar-refractivity contribution in [2.45, 2.75) is 39.7 Å². The summed E-state index contributed by atoms with van der Waals surface area (Å²) >= 11 is 0. The van der Waals surface area contributed by atoms with Gasteiger partial charge in [-0.15, -0.1) is 0 Å². The molecule has 0 N–H and O–H groups in total. The molecule has 1 atom stereocenters. The summed E-state index contributed by atoms with van der Waals surface area (Å²) < 4.78 is 26.9. The summed E-state index contributed by atoms with van der Waals surface area (Å²) in [7, 11) is 0.104. The van der Waals surface area contributed by atoms with E-state index in [0.717, 1.165) is 44.2 Å². The van der Waals surface area contributed by atoms with Crippen LogP contribution in [0, 0.1) is 19.8 Å². The number of aryl methyl sites for hydroxylation is 2. The maximum atomic E-state index is 11.8. The first-order chi connectivity index (χ1) is 10.8. The van der Waals surface area contributed by atoms with Gasteiger partial charge >= 0.3 is 0 Å². The number of aromatic nitrogens is 3. The highest BCUT2D eigenvalue weighted by Crippen LogP contribution is 2.19. The molecule has 0 amide bonds. The standard InChI is InChI=1S/C15H29N5O2S/c1-13-16-14(2)20(17-13)12-15-7-5-8-19(11-15)9-6-10-23(21,22)18(3)4/h15H,5-12H2,1-4H3/t15-/m0/s1. The van der Waals surface area contributed by atoms with Gasteiger partial charge in [0.15, 0.2) is 0 Å². The Morgan fingerprint density at radius 1 is 1.30 bits per heavy atom. The normalized spacial score (nSPS) is 20.3. The fraction of sp³-hybridized carbons (Fsp3) is 0.867. The van der Waals surface area contributed by atoms with E-state index in [0.29, 0.717) is 12.3 Å². The minimum absolute atomic E-state index is 0.225. The Morgan fingerprint density at radius 3 is 2.65 bits per heavy atom. The number of hydrogen-bond acceptors (Lipinski definition) is 5. The fourth-order valence-electron chi connectivity index (χ4n) is 3.14. The molecular formula is C15H29N5O2S. The quantitative estimate of drug-likeness (QED) is 0.735. The highest BCUT2D eigenvalue weighted by atomic mass is 32.2. The maximum absolute atomic E-state index is 11.8. The molecule has 2 rings (SSSR count). The number of sulfonamides is 1. The number of rotatable bonds is 7. The maximum Gasteiger partial charge on any atom is 0.213 e. The summed E-state index contributed by atoms with van der Waals surface area (Å²) in [6, 6.07) is 0. The van der Waals surface area contributed by atoms with E-state index in [4.69, 9.17) is 0 Å². The first-order valence-corrected chi connectivity index (χ1v) is 9.89. The highest BCUT2D eigenvalue weighted by Gasteiger charge is 2.22. The van der Waals surface area contributed by atoms with Crippen molar-refractivity contribution in [2.24, 2.45) is 5.92 Å². The van der Waals surface area contributed by atoms with Gasteiger partial charge in [-0.25, -0.2) is 22.4 Å². The summed E-state index contributed by atoms with van der Waals surface area (Å²) in [5, 5.41) is 4.45. The Morgan fingerprint density at radius 2 is 2.04 bits per heavy atom. The number of piperidine rings is 1. The van der Waals surface area contributed by atoms with Crippen LogP contribution in [0.25, 0.3) is 0 Å². The zero-order valence-electron chi connectivity index (χ0n) is 14.7. The van der Waals surface area contributed by atoms with Gasteiger partial charge in [0, 0.05) is 27.2 Å². The van der Waals surface area contributed by atoms with Crippen LogP contribution >= 0.6 is 0 Å². The van der Waals surface area contributed by atoms with Gasteiger partial charge < -0.3 is 4.90 Å². The Hall–Kier alpha value is -0.990. The monoisotopic (exact) mass is 343 g/mol. The lowest BCUT2D eigenvalue weighted by atomic mass is 9.98. The zero-order valence-corrected chi connectivity index (χ0v) is 15.5. The smallest absolute Gasteiger partial charge is 0.213 e. The van der Waals surface area contributed by atoms with Crippen molar-refractivity contribution < 1.29 is 8.42 Å². The second kappa shape index (κ2) is 7.72. The molecule has 0 unspecified atom stereocenters. The van der Waals surface area contributed by atoms with Crippen LogP contribution in [0.4, 0.5) is 0 Å². The number of nitrogens with zero attached hydrogens (tertiary/aromatic N) is 5. The third-order valence-corrected chi connectivity index (χ3v) is 6.35. The van der Waals surface area contributed by atoms with Crippen LogP contribution in [0.3, 0.4) is 0 Å². The molecule has 0 aromatic carbocycles. The second-order valence-electron chi connectivity index (χ2n) is 6.65. The molecule has 0 aliphatic carbocycles. The lowest BCUT2D eigenvalue weighted by Crippen LogP contribution is -2.38. The van der Waals surface area contributed by atoms with E-state index in [1.807, 2.05) is 18.5 Å². The second-order valence-corrected chi connectivity index (χ2v) is 8.95. The molecule has 23 heavy (non-hydrogen) atoms. The van der Waals surface area contributed by atoms with Gasteiger partial charge in [0.2, 0.25) is 10.0 Å². The molecule has 1 aliphatic heterocycles. The summed E-state index contributed by atoms with van der Waals surface area (Å²) in [6.07, 6.45) is 3.05. The minimum Gasteiger partial charge on any atom is -0.303 e. The SMILES string of the molecule is Cc1nc(C)n(C[C@H]2CCCN(CCCS(=O)(=O)N(C)C)C2)n1.